The molecule has 3 rings (SSSR count). The summed E-state index contributed by atoms with van der Waals surface area (Å²) in [5.41, 5.74) is 2.30. The Labute approximate surface area is 164 Å². The molecule has 0 fully saturated rings. The lowest BCUT2D eigenvalue weighted by Crippen LogP contribution is -2.14. The molecule has 0 atom stereocenters. The topological polar surface area (TPSA) is 71.7 Å². The van der Waals surface area contributed by atoms with Crippen molar-refractivity contribution in [1.82, 2.24) is 4.57 Å². The van der Waals surface area contributed by atoms with Gasteiger partial charge in [0.25, 0.3) is 10.1 Å². The second-order valence-corrected chi connectivity index (χ2v) is 8.45. The molecule has 0 radical (unpaired) electrons. The van der Waals surface area contributed by atoms with Crippen molar-refractivity contribution in [3.05, 3.63) is 62.7 Å². The van der Waals surface area contributed by atoms with Crippen LogP contribution < -0.4 is 4.80 Å². The predicted molar refractivity (Wildman–Crippen MR) is 105 cm³/mol. The summed E-state index contributed by atoms with van der Waals surface area (Å²) >= 11 is 13.8. The number of hydrogen-bond donors (Lipinski definition) is 1. The molecule has 1 N–H and O–H groups in total. The van der Waals surface area contributed by atoms with Crippen LogP contribution >= 0.6 is 34.5 Å². The molecule has 1 aromatic heterocycles. The van der Waals surface area contributed by atoms with Crippen molar-refractivity contribution >= 4 is 50.3 Å². The minimum absolute atomic E-state index is 0.169. The van der Waals surface area contributed by atoms with Crippen LogP contribution in [0.2, 0.25) is 10.0 Å². The van der Waals surface area contributed by atoms with E-state index in [9.17, 15) is 8.42 Å². The lowest BCUT2D eigenvalue weighted by atomic mass is 10.1. The molecule has 1 heterocycles. The van der Waals surface area contributed by atoms with Crippen molar-refractivity contribution in [2.24, 2.45) is 4.99 Å². The first-order valence-corrected chi connectivity index (χ1v) is 10.6. The van der Waals surface area contributed by atoms with Crippen LogP contribution in [0.15, 0.2) is 57.7 Å². The van der Waals surface area contributed by atoms with Crippen molar-refractivity contribution < 1.29 is 13.0 Å². The maximum atomic E-state index is 11.1. The Kier molecular flexibility index (Phi) is 5.55. The zero-order valence-corrected chi connectivity index (χ0v) is 16.7. The van der Waals surface area contributed by atoms with E-state index in [1.807, 2.05) is 22.9 Å². The van der Waals surface area contributed by atoms with E-state index in [0.717, 1.165) is 16.1 Å². The monoisotopic (exact) mass is 428 g/mol. The third kappa shape index (κ3) is 4.02. The predicted octanol–water partition coefficient (Wildman–Crippen LogP) is 5.02. The number of halogens is 2. The highest BCUT2D eigenvalue weighted by Crippen LogP contribution is 2.31. The largest absolute Gasteiger partial charge is 0.317 e. The van der Waals surface area contributed by atoms with E-state index in [1.165, 1.54) is 35.6 Å². The Morgan fingerprint density at radius 1 is 1.15 bits per heavy atom. The molecule has 0 unspecified atom stereocenters. The van der Waals surface area contributed by atoms with Gasteiger partial charge in [-0.1, -0.05) is 23.2 Å². The maximum absolute atomic E-state index is 11.1. The number of benzene rings is 2. The van der Waals surface area contributed by atoms with Crippen molar-refractivity contribution in [3.63, 3.8) is 0 Å². The van der Waals surface area contributed by atoms with Gasteiger partial charge in [-0.3, -0.25) is 4.55 Å². The number of hydrogen-bond acceptors (Lipinski definition) is 4. The molecule has 0 aliphatic rings. The van der Waals surface area contributed by atoms with Gasteiger partial charge in [-0.05, 0) is 49.4 Å². The minimum Gasteiger partial charge on any atom is -0.317 e. The highest BCUT2D eigenvalue weighted by Gasteiger charge is 2.12. The zero-order chi connectivity index (χ0) is 18.9. The summed E-state index contributed by atoms with van der Waals surface area (Å²) in [7, 11) is -4.22. The summed E-state index contributed by atoms with van der Waals surface area (Å²) in [5, 5.41) is 3.14. The van der Waals surface area contributed by atoms with Crippen LogP contribution in [0.1, 0.15) is 6.92 Å². The van der Waals surface area contributed by atoms with Gasteiger partial charge in [0.1, 0.15) is 0 Å². The molecule has 5 nitrogen and oxygen atoms in total. The molecule has 0 saturated heterocycles. The molecule has 0 saturated carbocycles. The normalized spacial score (nSPS) is 12.5. The van der Waals surface area contributed by atoms with E-state index in [0.29, 0.717) is 22.3 Å². The zero-order valence-electron chi connectivity index (χ0n) is 13.6. The number of rotatable bonds is 4. The fourth-order valence-electron chi connectivity index (χ4n) is 2.44. The molecule has 3 aromatic rings. The molecule has 0 aliphatic heterocycles. The van der Waals surface area contributed by atoms with Crippen molar-refractivity contribution in [1.29, 1.82) is 0 Å². The molecule has 2 aromatic carbocycles. The Morgan fingerprint density at radius 2 is 1.85 bits per heavy atom. The molecule has 0 bridgehead atoms. The molecular weight excluding hydrogens is 415 g/mol. The van der Waals surface area contributed by atoms with Gasteiger partial charge < -0.3 is 4.57 Å². The van der Waals surface area contributed by atoms with Crippen LogP contribution in [0.5, 0.6) is 0 Å². The molecular formula is C17H14Cl2N2O3S2. The van der Waals surface area contributed by atoms with Gasteiger partial charge in [-0.25, -0.2) is 4.99 Å². The average Bonchev–Trinajstić information content (AvgIpc) is 2.99. The van der Waals surface area contributed by atoms with Crippen LogP contribution in [-0.4, -0.2) is 17.5 Å². The first-order chi connectivity index (χ1) is 12.3. The fourth-order valence-corrected chi connectivity index (χ4v) is 4.29. The lowest BCUT2D eigenvalue weighted by Gasteiger charge is -2.08. The lowest BCUT2D eigenvalue weighted by molar-refractivity contribution is 0.483. The van der Waals surface area contributed by atoms with Crippen LogP contribution in [0, 0.1) is 0 Å². The second-order valence-electron chi connectivity index (χ2n) is 5.35. The van der Waals surface area contributed by atoms with Gasteiger partial charge in [-0.15, -0.1) is 11.3 Å². The Morgan fingerprint density at radius 3 is 2.46 bits per heavy atom. The standard InChI is InChI=1S/C17H14Cl2N2O3S2/c1-2-21-16(14-9-11(18)3-8-15(14)19)10-25-17(21)20-12-4-6-13(7-5-12)26(22,23)24/h3-10H,2H2,1H3,(H,22,23,24). The molecule has 0 aliphatic carbocycles. The molecule has 0 amide bonds. The molecule has 9 heteroatoms. The van der Waals surface area contributed by atoms with Gasteiger partial charge in [0.05, 0.1) is 21.3 Å². The van der Waals surface area contributed by atoms with Gasteiger partial charge in [0.15, 0.2) is 4.80 Å². The summed E-state index contributed by atoms with van der Waals surface area (Å²) in [6.45, 7) is 2.67. The van der Waals surface area contributed by atoms with E-state index < -0.39 is 10.1 Å². The Balaban J connectivity index is 2.08. The maximum Gasteiger partial charge on any atom is 0.294 e. The van der Waals surface area contributed by atoms with Crippen LogP contribution in [0.25, 0.3) is 11.3 Å². The quantitative estimate of drug-likeness (QED) is 0.592. The van der Waals surface area contributed by atoms with Crippen molar-refractivity contribution in [2.75, 3.05) is 0 Å². The van der Waals surface area contributed by atoms with E-state index >= 15 is 0 Å². The van der Waals surface area contributed by atoms with E-state index in [4.69, 9.17) is 27.8 Å². The van der Waals surface area contributed by atoms with Gasteiger partial charge >= 0.3 is 0 Å². The summed E-state index contributed by atoms with van der Waals surface area (Å²) in [5.74, 6) is 0. The van der Waals surface area contributed by atoms with Crippen LogP contribution in [-0.2, 0) is 16.7 Å². The SMILES string of the molecule is CCn1c(-c2cc(Cl)ccc2Cl)csc1=Nc1ccc(S(=O)(=O)O)cc1. The highest BCUT2D eigenvalue weighted by molar-refractivity contribution is 7.85. The third-order valence-corrected chi connectivity index (χ3v) is 5.97. The molecule has 0 spiro atoms. The smallest absolute Gasteiger partial charge is 0.294 e. The van der Waals surface area contributed by atoms with Gasteiger partial charge in [0, 0.05) is 22.5 Å². The fraction of sp³-hybridized carbons (Fsp3) is 0.118. The van der Waals surface area contributed by atoms with Gasteiger partial charge in [0.2, 0.25) is 0 Å². The van der Waals surface area contributed by atoms with Crippen molar-refractivity contribution in [3.8, 4) is 11.3 Å². The highest BCUT2D eigenvalue weighted by atomic mass is 35.5. The summed E-state index contributed by atoms with van der Waals surface area (Å²) in [6, 6.07) is 11.0. The number of thiazole rings is 1. The third-order valence-electron chi connectivity index (χ3n) is 3.68. The second kappa shape index (κ2) is 7.54. The number of aromatic nitrogens is 1. The first kappa shape index (κ1) is 19.1. The Bertz CT molecular complexity index is 1120. The summed E-state index contributed by atoms with van der Waals surface area (Å²) in [4.78, 5) is 5.13. The van der Waals surface area contributed by atoms with E-state index in [1.54, 1.807) is 12.1 Å². The van der Waals surface area contributed by atoms with Gasteiger partial charge in [-0.2, -0.15) is 8.42 Å². The number of nitrogens with zero attached hydrogens (tertiary/aromatic N) is 2. The average molecular weight is 429 g/mol. The van der Waals surface area contributed by atoms with Crippen LogP contribution in [0.3, 0.4) is 0 Å². The first-order valence-electron chi connectivity index (χ1n) is 7.55. The van der Waals surface area contributed by atoms with Crippen LogP contribution in [0.4, 0.5) is 5.69 Å². The van der Waals surface area contributed by atoms with E-state index in [-0.39, 0.29) is 4.90 Å². The van der Waals surface area contributed by atoms with Crippen molar-refractivity contribution in [2.45, 2.75) is 18.4 Å². The van der Waals surface area contributed by atoms with E-state index in [2.05, 4.69) is 4.99 Å². The molecule has 26 heavy (non-hydrogen) atoms. The molecule has 136 valence electrons. The minimum atomic E-state index is -4.22. The Hall–Kier alpha value is -1.64. The summed E-state index contributed by atoms with van der Waals surface area (Å²) < 4.78 is 33.3. The summed E-state index contributed by atoms with van der Waals surface area (Å²) in [6.07, 6.45) is 0.